The number of fused-ring (bicyclic) bond motifs is 5. The summed E-state index contributed by atoms with van der Waals surface area (Å²) in [5.41, 5.74) is 0.433. The van der Waals surface area contributed by atoms with E-state index in [2.05, 4.69) is 13.5 Å². The van der Waals surface area contributed by atoms with Gasteiger partial charge in [-0.15, -0.1) is 0 Å². The average molecular weight is 478 g/mol. The maximum absolute atomic E-state index is 13.4. The predicted molar refractivity (Wildman–Crippen MR) is 128 cm³/mol. The highest BCUT2D eigenvalue weighted by Crippen LogP contribution is 2.65. The molecule has 0 amide bonds. The van der Waals surface area contributed by atoms with Crippen molar-refractivity contribution in [2.75, 3.05) is 12.9 Å². The van der Waals surface area contributed by atoms with Crippen molar-refractivity contribution < 1.29 is 17.9 Å². The fourth-order valence-electron chi connectivity index (χ4n) is 8.84. The number of halogens is 1. The van der Waals surface area contributed by atoms with Crippen molar-refractivity contribution >= 4 is 9.84 Å². The van der Waals surface area contributed by atoms with Gasteiger partial charge in [0.05, 0.1) is 10.5 Å². The van der Waals surface area contributed by atoms with E-state index in [1.165, 1.54) is 43.9 Å². The van der Waals surface area contributed by atoms with Crippen molar-refractivity contribution in [3.8, 4) is 0 Å². The van der Waals surface area contributed by atoms with Crippen molar-refractivity contribution in [3.63, 3.8) is 0 Å². The van der Waals surface area contributed by atoms with Crippen molar-refractivity contribution in [2.45, 2.75) is 81.8 Å². The van der Waals surface area contributed by atoms with Crippen LogP contribution in [0.15, 0.2) is 35.5 Å². The molecular formula is C27H40FNO3S. The van der Waals surface area contributed by atoms with Crippen molar-refractivity contribution in [1.29, 1.82) is 0 Å². The lowest BCUT2D eigenvalue weighted by Gasteiger charge is -2.57. The summed E-state index contributed by atoms with van der Waals surface area (Å²) in [5.74, 6) is 3.85. The van der Waals surface area contributed by atoms with Crippen LogP contribution in [0.1, 0.15) is 64.7 Å². The highest BCUT2D eigenvalue weighted by Gasteiger charge is 2.58. The molecule has 0 aliphatic heterocycles. The molecule has 5 rings (SSSR count). The molecule has 0 aromatic carbocycles. The lowest BCUT2D eigenvalue weighted by atomic mass is 9.48. The summed E-state index contributed by atoms with van der Waals surface area (Å²) in [7, 11) is -3.19. The van der Waals surface area contributed by atoms with Crippen LogP contribution in [0.2, 0.25) is 0 Å². The average Bonchev–Trinajstić information content (AvgIpc) is 3.37. The molecule has 0 bridgehead atoms. The van der Waals surface area contributed by atoms with Crippen LogP contribution in [-0.4, -0.2) is 36.6 Å². The van der Waals surface area contributed by atoms with Crippen molar-refractivity contribution in [3.05, 3.63) is 30.6 Å². The fourth-order valence-corrected chi connectivity index (χ4v) is 9.47. The molecule has 0 spiro atoms. The molecule has 1 aromatic heterocycles. The first-order valence-electron chi connectivity index (χ1n) is 12.9. The molecule has 4 aliphatic carbocycles. The standard InChI is InChI=1S/C27H40FNO3S/c1-18(15-29-13-10-20(16-29)33(3,31)32)24-6-7-25-23-5-4-19-14-27(30,17-28)12-9-21(19)22(23)8-11-26(24,25)2/h10,13,16,19,21-25,30H,1,4-9,11-12,14-15,17H2,2-3H3/t19-,21+,22-,23-,24-,25+,26-,27-/m1/s1. The van der Waals surface area contributed by atoms with Crippen molar-refractivity contribution in [2.24, 2.45) is 40.9 Å². The minimum absolute atomic E-state index is 0.270. The molecule has 4 fully saturated rings. The van der Waals surface area contributed by atoms with E-state index < -0.39 is 22.1 Å². The molecule has 1 N–H and O–H groups in total. The minimum atomic E-state index is -3.19. The van der Waals surface area contributed by atoms with Gasteiger partial charge in [0.15, 0.2) is 9.84 Å². The first-order chi connectivity index (χ1) is 15.5. The second-order valence-electron chi connectivity index (χ2n) is 12.2. The second kappa shape index (κ2) is 8.22. The van der Waals surface area contributed by atoms with Gasteiger partial charge < -0.3 is 9.67 Å². The molecular weight excluding hydrogens is 437 g/mol. The largest absolute Gasteiger partial charge is 0.387 e. The third kappa shape index (κ3) is 4.03. The lowest BCUT2D eigenvalue weighted by molar-refractivity contribution is -0.110. The van der Waals surface area contributed by atoms with Crippen molar-refractivity contribution in [1.82, 2.24) is 4.57 Å². The molecule has 1 heterocycles. The van der Waals surface area contributed by atoms with E-state index in [0.29, 0.717) is 42.0 Å². The monoisotopic (exact) mass is 477 g/mol. The van der Waals surface area contributed by atoms with E-state index in [1.54, 1.807) is 12.3 Å². The molecule has 0 radical (unpaired) electrons. The summed E-state index contributed by atoms with van der Waals surface area (Å²) in [6.45, 7) is 7.08. The topological polar surface area (TPSA) is 59.3 Å². The zero-order valence-corrected chi connectivity index (χ0v) is 21.0. The predicted octanol–water partition coefficient (Wildman–Crippen LogP) is 5.42. The van der Waals surface area contributed by atoms with E-state index in [4.69, 9.17) is 0 Å². The number of nitrogens with zero attached hydrogens (tertiary/aromatic N) is 1. The SMILES string of the molecule is C=C(Cn1ccc(S(C)(=O)=O)c1)[C@H]1CC[C@H]2[C@@H]3CC[C@@H]4C[C@@](O)(CF)CC[C@@H]4[C@H]3CC[C@]12C. The van der Waals surface area contributed by atoms with Crippen LogP contribution in [0, 0.1) is 40.9 Å². The van der Waals surface area contributed by atoms with Gasteiger partial charge in [0, 0.05) is 25.2 Å². The Morgan fingerprint density at radius 3 is 2.61 bits per heavy atom. The first kappa shape index (κ1) is 23.6. The smallest absolute Gasteiger partial charge is 0.177 e. The van der Waals surface area contributed by atoms with Crippen LogP contribution < -0.4 is 0 Å². The van der Waals surface area contributed by atoms with Gasteiger partial charge in [-0.25, -0.2) is 12.8 Å². The summed E-state index contributed by atoms with van der Waals surface area (Å²) < 4.78 is 39.1. The molecule has 0 saturated heterocycles. The summed E-state index contributed by atoms with van der Waals surface area (Å²) in [4.78, 5) is 0.371. The summed E-state index contributed by atoms with van der Waals surface area (Å²) in [6.07, 6.45) is 14.4. The van der Waals surface area contributed by atoms with Crippen LogP contribution in [0.5, 0.6) is 0 Å². The van der Waals surface area contributed by atoms with Gasteiger partial charge in [-0.3, -0.25) is 0 Å². The maximum Gasteiger partial charge on any atom is 0.177 e. The number of sulfone groups is 1. The normalized spacial score (nSPS) is 42.9. The maximum atomic E-state index is 13.4. The third-order valence-electron chi connectivity index (χ3n) is 10.4. The van der Waals surface area contributed by atoms with E-state index in [0.717, 1.165) is 30.6 Å². The minimum Gasteiger partial charge on any atom is -0.387 e. The van der Waals surface area contributed by atoms with E-state index >= 15 is 0 Å². The molecule has 4 aliphatic rings. The van der Waals surface area contributed by atoms with Gasteiger partial charge >= 0.3 is 0 Å². The van der Waals surface area contributed by atoms with E-state index in [9.17, 15) is 17.9 Å². The lowest BCUT2D eigenvalue weighted by Crippen LogP contribution is -2.51. The molecule has 4 nitrogen and oxygen atoms in total. The number of aliphatic hydroxyl groups is 1. The quantitative estimate of drug-likeness (QED) is 0.576. The third-order valence-corrected chi connectivity index (χ3v) is 11.5. The van der Waals surface area contributed by atoms with Crippen LogP contribution >= 0.6 is 0 Å². The number of hydrogen-bond donors (Lipinski definition) is 1. The fraction of sp³-hybridized carbons (Fsp3) is 0.778. The Bertz CT molecular complexity index is 1020. The molecule has 184 valence electrons. The van der Waals surface area contributed by atoms with E-state index in [1.807, 2.05) is 10.8 Å². The second-order valence-corrected chi connectivity index (χ2v) is 14.2. The summed E-state index contributed by atoms with van der Waals surface area (Å²) in [5, 5.41) is 10.5. The number of alkyl halides is 1. The first-order valence-corrected chi connectivity index (χ1v) is 14.7. The molecule has 1 aromatic rings. The zero-order chi connectivity index (χ0) is 23.6. The van der Waals surface area contributed by atoms with Gasteiger partial charge in [-0.05, 0) is 105 Å². The molecule has 0 unspecified atom stereocenters. The van der Waals surface area contributed by atoms with Crippen LogP contribution in [0.3, 0.4) is 0 Å². The Morgan fingerprint density at radius 1 is 1.15 bits per heavy atom. The highest BCUT2D eigenvalue weighted by atomic mass is 32.2. The van der Waals surface area contributed by atoms with Crippen LogP contribution in [-0.2, 0) is 16.4 Å². The Kier molecular flexibility index (Phi) is 5.88. The van der Waals surface area contributed by atoms with Gasteiger partial charge in [0.25, 0.3) is 0 Å². The number of allylic oxidation sites excluding steroid dienone is 1. The van der Waals surface area contributed by atoms with Gasteiger partial charge in [-0.2, -0.15) is 0 Å². The van der Waals surface area contributed by atoms with Gasteiger partial charge in [0.2, 0.25) is 0 Å². The van der Waals surface area contributed by atoms with Crippen LogP contribution in [0.25, 0.3) is 0 Å². The Hall–Kier alpha value is -1.14. The Labute approximate surface area is 198 Å². The Morgan fingerprint density at radius 2 is 1.91 bits per heavy atom. The molecule has 8 atom stereocenters. The summed E-state index contributed by atoms with van der Waals surface area (Å²) in [6, 6.07) is 1.68. The number of hydrogen-bond acceptors (Lipinski definition) is 3. The Balaban J connectivity index is 1.29. The summed E-state index contributed by atoms with van der Waals surface area (Å²) >= 11 is 0. The highest BCUT2D eigenvalue weighted by molar-refractivity contribution is 7.90. The molecule has 6 heteroatoms. The van der Waals surface area contributed by atoms with Crippen LogP contribution in [0.4, 0.5) is 4.39 Å². The van der Waals surface area contributed by atoms with Gasteiger partial charge in [0.1, 0.15) is 6.67 Å². The molecule has 33 heavy (non-hydrogen) atoms. The molecule has 4 saturated carbocycles. The van der Waals surface area contributed by atoms with Gasteiger partial charge in [-0.1, -0.05) is 19.1 Å². The van der Waals surface area contributed by atoms with E-state index in [-0.39, 0.29) is 5.41 Å². The number of aromatic nitrogens is 1. The number of rotatable bonds is 5. The zero-order valence-electron chi connectivity index (χ0n) is 20.2.